The van der Waals surface area contributed by atoms with E-state index in [4.69, 9.17) is 0 Å². The molecule has 0 fully saturated rings. The molecule has 1 aromatic rings. The van der Waals surface area contributed by atoms with E-state index < -0.39 is 0 Å². The van der Waals surface area contributed by atoms with Gasteiger partial charge >= 0.3 is 5.97 Å². The summed E-state index contributed by atoms with van der Waals surface area (Å²) in [6.07, 6.45) is 5.45. The third kappa shape index (κ3) is 4.67. The van der Waals surface area contributed by atoms with E-state index in [1.54, 1.807) is 6.20 Å². The second-order valence-electron chi connectivity index (χ2n) is 3.65. The van der Waals surface area contributed by atoms with Crippen LogP contribution in [0.1, 0.15) is 26.2 Å². The van der Waals surface area contributed by atoms with E-state index in [1.807, 2.05) is 6.92 Å². The average molecular weight is 239 g/mol. The number of nitrogens with zero attached hydrogens (tertiary/aromatic N) is 2. The van der Waals surface area contributed by atoms with Gasteiger partial charge in [-0.25, -0.2) is 0 Å². The fourth-order valence-corrected chi connectivity index (χ4v) is 1.27. The number of ether oxygens (including phenoxy) is 1. The van der Waals surface area contributed by atoms with Crippen molar-refractivity contribution >= 4 is 17.6 Å². The number of hydrogen-bond acceptors (Lipinski definition) is 4. The molecule has 0 aliphatic carbocycles. The van der Waals surface area contributed by atoms with E-state index in [1.165, 1.54) is 18.0 Å². The molecule has 1 aromatic heterocycles. The van der Waals surface area contributed by atoms with Gasteiger partial charge in [0, 0.05) is 12.6 Å². The second-order valence-corrected chi connectivity index (χ2v) is 3.65. The van der Waals surface area contributed by atoms with Crippen molar-refractivity contribution in [2.24, 2.45) is 0 Å². The van der Waals surface area contributed by atoms with Gasteiger partial charge in [-0.15, -0.1) is 0 Å². The van der Waals surface area contributed by atoms with Crippen LogP contribution in [-0.4, -0.2) is 28.8 Å². The zero-order valence-electron chi connectivity index (χ0n) is 10.1. The number of methoxy groups -OCH3 is 1. The zero-order chi connectivity index (χ0) is 12.7. The molecule has 1 rings (SSSR count). The molecule has 0 radical (unpaired) electrons. The van der Waals surface area contributed by atoms with Crippen LogP contribution in [-0.2, 0) is 20.9 Å². The summed E-state index contributed by atoms with van der Waals surface area (Å²) >= 11 is 0. The van der Waals surface area contributed by atoms with Crippen LogP contribution in [0.5, 0.6) is 0 Å². The number of esters is 1. The van der Waals surface area contributed by atoms with E-state index in [0.717, 1.165) is 12.8 Å². The van der Waals surface area contributed by atoms with Crippen LogP contribution >= 0.6 is 0 Å². The molecule has 0 aromatic carbocycles. The third-order valence-electron chi connectivity index (χ3n) is 2.19. The largest absolute Gasteiger partial charge is 0.468 e. The molecule has 0 bridgehead atoms. The molecular weight excluding hydrogens is 222 g/mol. The number of carbonyl (C=O) groups excluding carboxylic acids is 2. The second kappa shape index (κ2) is 6.67. The molecule has 0 aliphatic rings. The molecule has 0 unspecified atom stereocenters. The Morgan fingerprint density at radius 2 is 2.29 bits per heavy atom. The lowest BCUT2D eigenvalue weighted by atomic mass is 10.2. The lowest BCUT2D eigenvalue weighted by Crippen LogP contribution is -2.12. The molecule has 0 saturated heterocycles. The van der Waals surface area contributed by atoms with Crippen LogP contribution < -0.4 is 5.32 Å². The summed E-state index contributed by atoms with van der Waals surface area (Å²) in [5.41, 5.74) is 0.593. The number of aromatic nitrogens is 2. The Balaban J connectivity index is 2.45. The van der Waals surface area contributed by atoms with Crippen molar-refractivity contribution in [2.45, 2.75) is 32.7 Å². The van der Waals surface area contributed by atoms with E-state index in [0.29, 0.717) is 12.1 Å². The summed E-state index contributed by atoms with van der Waals surface area (Å²) in [6, 6.07) is 0. The lowest BCUT2D eigenvalue weighted by molar-refractivity contribution is -0.141. The van der Waals surface area contributed by atoms with E-state index in [-0.39, 0.29) is 18.4 Å². The van der Waals surface area contributed by atoms with Gasteiger partial charge in [-0.05, 0) is 6.42 Å². The van der Waals surface area contributed by atoms with Crippen molar-refractivity contribution in [1.29, 1.82) is 0 Å². The molecule has 1 N–H and O–H groups in total. The molecule has 0 saturated carbocycles. The highest BCUT2D eigenvalue weighted by Gasteiger charge is 2.06. The molecule has 0 aliphatic heterocycles. The number of carbonyl (C=O) groups is 2. The molecule has 0 spiro atoms. The minimum atomic E-state index is -0.378. The number of amides is 1. The standard InChI is InChI=1S/C11H17N3O3/c1-3-4-5-10(15)13-9-6-12-14(7-9)8-11(16)17-2/h6-7H,3-5,8H2,1-2H3,(H,13,15). The minimum Gasteiger partial charge on any atom is -0.468 e. The summed E-state index contributed by atoms with van der Waals surface area (Å²) in [6.45, 7) is 2.07. The maximum atomic E-state index is 11.4. The van der Waals surface area contributed by atoms with E-state index in [9.17, 15) is 9.59 Å². The van der Waals surface area contributed by atoms with Crippen molar-refractivity contribution in [3.63, 3.8) is 0 Å². The van der Waals surface area contributed by atoms with Gasteiger partial charge in [0.25, 0.3) is 0 Å². The summed E-state index contributed by atoms with van der Waals surface area (Å²) in [7, 11) is 1.32. The molecule has 94 valence electrons. The van der Waals surface area contributed by atoms with Gasteiger partial charge < -0.3 is 10.1 Å². The molecule has 0 atom stereocenters. The number of hydrogen-bond donors (Lipinski definition) is 1. The van der Waals surface area contributed by atoms with Crippen LogP contribution in [0.15, 0.2) is 12.4 Å². The summed E-state index contributed by atoms with van der Waals surface area (Å²) in [5.74, 6) is -0.415. The Morgan fingerprint density at radius 1 is 1.53 bits per heavy atom. The van der Waals surface area contributed by atoms with Gasteiger partial charge in [0.1, 0.15) is 6.54 Å². The van der Waals surface area contributed by atoms with E-state index in [2.05, 4.69) is 15.2 Å². The lowest BCUT2D eigenvalue weighted by Gasteiger charge is -2.01. The van der Waals surface area contributed by atoms with Crippen LogP contribution in [0.25, 0.3) is 0 Å². The Kier molecular flexibility index (Phi) is 5.19. The number of rotatable bonds is 6. The highest BCUT2D eigenvalue weighted by molar-refractivity contribution is 5.90. The van der Waals surface area contributed by atoms with E-state index >= 15 is 0 Å². The van der Waals surface area contributed by atoms with Crippen molar-refractivity contribution < 1.29 is 14.3 Å². The Bertz CT molecular complexity index is 387. The Labute approximate surface area is 99.9 Å². The molecule has 1 amide bonds. The van der Waals surface area contributed by atoms with Crippen LogP contribution in [0, 0.1) is 0 Å². The maximum Gasteiger partial charge on any atom is 0.327 e. The first-order chi connectivity index (χ1) is 8.15. The maximum absolute atomic E-state index is 11.4. The zero-order valence-corrected chi connectivity index (χ0v) is 10.1. The van der Waals surface area contributed by atoms with Gasteiger partial charge in [0.05, 0.1) is 19.0 Å². The number of anilines is 1. The first-order valence-corrected chi connectivity index (χ1v) is 5.54. The highest BCUT2D eigenvalue weighted by atomic mass is 16.5. The van der Waals surface area contributed by atoms with Crippen molar-refractivity contribution in [2.75, 3.05) is 12.4 Å². The smallest absolute Gasteiger partial charge is 0.327 e. The summed E-state index contributed by atoms with van der Waals surface area (Å²) < 4.78 is 5.93. The van der Waals surface area contributed by atoms with Gasteiger partial charge in [-0.2, -0.15) is 5.10 Å². The number of unbranched alkanes of at least 4 members (excludes halogenated alkanes) is 1. The van der Waals surface area contributed by atoms with Gasteiger partial charge in [0.15, 0.2) is 0 Å². The molecule has 6 heteroatoms. The van der Waals surface area contributed by atoms with Crippen molar-refractivity contribution in [3.8, 4) is 0 Å². The minimum absolute atomic E-state index is 0.0375. The Morgan fingerprint density at radius 3 is 2.94 bits per heavy atom. The first-order valence-electron chi connectivity index (χ1n) is 5.54. The van der Waals surface area contributed by atoms with Gasteiger partial charge in [-0.1, -0.05) is 13.3 Å². The van der Waals surface area contributed by atoms with Gasteiger partial charge in [0.2, 0.25) is 5.91 Å². The summed E-state index contributed by atoms with van der Waals surface area (Å²) in [5, 5.41) is 6.65. The van der Waals surface area contributed by atoms with Crippen LogP contribution in [0.4, 0.5) is 5.69 Å². The topological polar surface area (TPSA) is 73.2 Å². The highest BCUT2D eigenvalue weighted by Crippen LogP contribution is 2.06. The number of nitrogens with one attached hydrogen (secondary N) is 1. The van der Waals surface area contributed by atoms with Crippen molar-refractivity contribution in [3.05, 3.63) is 12.4 Å². The predicted octanol–water partition coefficient (Wildman–Crippen LogP) is 1.18. The molecule has 6 nitrogen and oxygen atoms in total. The van der Waals surface area contributed by atoms with Gasteiger partial charge in [-0.3, -0.25) is 14.3 Å². The average Bonchev–Trinajstić information content (AvgIpc) is 2.73. The SMILES string of the molecule is CCCCC(=O)Nc1cnn(CC(=O)OC)c1. The monoisotopic (exact) mass is 239 g/mol. The molecular formula is C11H17N3O3. The van der Waals surface area contributed by atoms with Crippen molar-refractivity contribution in [1.82, 2.24) is 9.78 Å². The predicted molar refractivity (Wildman–Crippen MR) is 62.4 cm³/mol. The fourth-order valence-electron chi connectivity index (χ4n) is 1.27. The summed E-state index contributed by atoms with van der Waals surface area (Å²) in [4.78, 5) is 22.4. The Hall–Kier alpha value is -1.85. The fraction of sp³-hybridized carbons (Fsp3) is 0.545. The molecule has 17 heavy (non-hydrogen) atoms. The quantitative estimate of drug-likeness (QED) is 0.757. The first kappa shape index (κ1) is 13.2. The van der Waals surface area contributed by atoms with Crippen LogP contribution in [0.2, 0.25) is 0 Å². The third-order valence-corrected chi connectivity index (χ3v) is 2.19. The van der Waals surface area contributed by atoms with Crippen LogP contribution in [0.3, 0.4) is 0 Å². The molecule has 1 heterocycles. The normalized spacial score (nSPS) is 10.0.